The highest BCUT2D eigenvalue weighted by atomic mass is 32.1. The maximum atomic E-state index is 12.3. The minimum Gasteiger partial charge on any atom is -0.296 e. The van der Waals surface area contributed by atoms with Crippen LogP contribution in [0.5, 0.6) is 0 Å². The monoisotopic (exact) mass is 374 g/mol. The molecule has 0 aliphatic carbocycles. The molecule has 4 aromatic rings. The molecule has 0 bridgehead atoms. The van der Waals surface area contributed by atoms with Gasteiger partial charge in [-0.25, -0.2) is 4.98 Å². The molecule has 0 fully saturated rings. The molecule has 27 heavy (non-hydrogen) atoms. The number of rotatable bonds is 5. The number of anilines is 1. The second-order valence-electron chi connectivity index (χ2n) is 6.19. The Morgan fingerprint density at radius 3 is 2.48 bits per heavy atom. The van der Waals surface area contributed by atoms with Gasteiger partial charge >= 0.3 is 0 Å². The molecule has 2 aromatic heterocycles. The van der Waals surface area contributed by atoms with Gasteiger partial charge in [0.25, 0.3) is 5.91 Å². The average molecular weight is 374 g/mol. The summed E-state index contributed by atoms with van der Waals surface area (Å²) < 4.78 is 1.54. The summed E-state index contributed by atoms with van der Waals surface area (Å²) in [5.41, 5.74) is 4.93. The van der Waals surface area contributed by atoms with Crippen molar-refractivity contribution in [3.05, 3.63) is 89.1 Å². The second-order valence-corrected chi connectivity index (χ2v) is 7.05. The quantitative estimate of drug-likeness (QED) is 0.564. The number of aryl methyl sites for hydroxylation is 1. The lowest BCUT2D eigenvalue weighted by Crippen LogP contribution is -2.15. The van der Waals surface area contributed by atoms with Crippen molar-refractivity contribution in [3.8, 4) is 11.3 Å². The first-order chi connectivity index (χ1) is 13.2. The maximum Gasteiger partial charge on any atom is 0.275 e. The van der Waals surface area contributed by atoms with Crippen molar-refractivity contribution in [2.45, 2.75) is 6.42 Å². The van der Waals surface area contributed by atoms with Gasteiger partial charge in [0.15, 0.2) is 5.13 Å². The van der Waals surface area contributed by atoms with Gasteiger partial charge in [-0.05, 0) is 23.6 Å². The van der Waals surface area contributed by atoms with Crippen LogP contribution < -0.4 is 5.32 Å². The molecule has 2 aromatic carbocycles. The van der Waals surface area contributed by atoms with Crippen molar-refractivity contribution in [3.63, 3.8) is 0 Å². The fourth-order valence-corrected chi connectivity index (χ4v) is 3.56. The second kappa shape index (κ2) is 7.55. The number of hydrogen-bond acceptors (Lipinski definition) is 4. The van der Waals surface area contributed by atoms with Crippen LogP contribution in [0.2, 0.25) is 0 Å². The number of benzene rings is 2. The molecule has 6 heteroatoms. The van der Waals surface area contributed by atoms with E-state index < -0.39 is 0 Å². The molecule has 0 aliphatic rings. The molecule has 1 N–H and O–H groups in total. The molecular weight excluding hydrogens is 356 g/mol. The number of nitrogens with one attached hydrogen (secondary N) is 1. The van der Waals surface area contributed by atoms with E-state index in [9.17, 15) is 4.79 Å². The maximum absolute atomic E-state index is 12.3. The van der Waals surface area contributed by atoms with Crippen molar-refractivity contribution in [1.29, 1.82) is 0 Å². The largest absolute Gasteiger partial charge is 0.296 e. The van der Waals surface area contributed by atoms with Crippen molar-refractivity contribution < 1.29 is 4.79 Å². The van der Waals surface area contributed by atoms with Gasteiger partial charge in [0.1, 0.15) is 5.69 Å². The Balaban J connectivity index is 1.45. The van der Waals surface area contributed by atoms with Crippen molar-refractivity contribution in [2.24, 2.45) is 7.05 Å². The highest BCUT2D eigenvalue weighted by Crippen LogP contribution is 2.26. The van der Waals surface area contributed by atoms with Crippen LogP contribution in [0.3, 0.4) is 0 Å². The van der Waals surface area contributed by atoms with Crippen molar-refractivity contribution in [2.75, 3.05) is 5.32 Å². The SMILES string of the molecule is Cn1nccc1C(=O)Nc1nc(-c2ccc(Cc3ccccc3)cc2)cs1. The molecule has 0 radical (unpaired) electrons. The number of carbonyl (C=O) groups is 1. The zero-order valence-corrected chi connectivity index (χ0v) is 15.6. The van der Waals surface area contributed by atoms with Gasteiger partial charge in [-0.2, -0.15) is 5.10 Å². The van der Waals surface area contributed by atoms with E-state index in [0.717, 1.165) is 17.7 Å². The Labute approximate surface area is 161 Å². The third-order valence-electron chi connectivity index (χ3n) is 4.28. The van der Waals surface area contributed by atoms with E-state index in [1.165, 1.54) is 27.1 Å². The molecule has 5 nitrogen and oxygen atoms in total. The first-order valence-corrected chi connectivity index (χ1v) is 9.45. The number of nitrogens with zero attached hydrogens (tertiary/aromatic N) is 3. The van der Waals surface area contributed by atoms with E-state index >= 15 is 0 Å². The van der Waals surface area contributed by atoms with Crippen molar-refractivity contribution in [1.82, 2.24) is 14.8 Å². The molecule has 1 amide bonds. The van der Waals surface area contributed by atoms with E-state index in [1.807, 2.05) is 11.4 Å². The van der Waals surface area contributed by atoms with E-state index in [4.69, 9.17) is 0 Å². The van der Waals surface area contributed by atoms with Crippen LogP contribution in [-0.2, 0) is 13.5 Å². The molecule has 4 rings (SSSR count). The van der Waals surface area contributed by atoms with Crippen LogP contribution in [0.1, 0.15) is 21.6 Å². The molecule has 134 valence electrons. The van der Waals surface area contributed by atoms with Gasteiger partial charge < -0.3 is 0 Å². The summed E-state index contributed by atoms with van der Waals surface area (Å²) in [5.74, 6) is -0.214. The van der Waals surface area contributed by atoms with E-state index in [0.29, 0.717) is 10.8 Å². The van der Waals surface area contributed by atoms with Crippen LogP contribution in [0, 0.1) is 0 Å². The first kappa shape index (κ1) is 17.2. The third-order valence-corrected chi connectivity index (χ3v) is 5.04. The summed E-state index contributed by atoms with van der Waals surface area (Å²) in [4.78, 5) is 16.8. The number of aromatic nitrogens is 3. The van der Waals surface area contributed by atoms with Gasteiger partial charge in [0.05, 0.1) is 5.69 Å². The average Bonchev–Trinajstić information content (AvgIpc) is 3.32. The Bertz CT molecular complexity index is 1050. The van der Waals surface area contributed by atoms with Crippen LogP contribution in [0.4, 0.5) is 5.13 Å². The highest BCUT2D eigenvalue weighted by Gasteiger charge is 2.12. The topological polar surface area (TPSA) is 59.8 Å². The normalized spacial score (nSPS) is 10.7. The van der Waals surface area contributed by atoms with Crippen LogP contribution in [-0.4, -0.2) is 20.7 Å². The molecule has 2 heterocycles. The fourth-order valence-electron chi connectivity index (χ4n) is 2.85. The first-order valence-electron chi connectivity index (χ1n) is 8.57. The minimum absolute atomic E-state index is 0.214. The summed E-state index contributed by atoms with van der Waals surface area (Å²) in [5, 5.41) is 9.36. The zero-order valence-electron chi connectivity index (χ0n) is 14.8. The lowest BCUT2D eigenvalue weighted by Gasteiger charge is -2.03. The van der Waals surface area contributed by atoms with E-state index in [-0.39, 0.29) is 5.91 Å². The summed E-state index contributed by atoms with van der Waals surface area (Å²) >= 11 is 1.41. The highest BCUT2D eigenvalue weighted by molar-refractivity contribution is 7.14. The molecule has 0 saturated heterocycles. The molecule has 0 atom stereocenters. The smallest absolute Gasteiger partial charge is 0.275 e. The van der Waals surface area contributed by atoms with E-state index in [2.05, 4.69) is 63.9 Å². The van der Waals surface area contributed by atoms with Gasteiger partial charge in [-0.15, -0.1) is 11.3 Å². The number of thiazole rings is 1. The number of carbonyl (C=O) groups excluding carboxylic acids is 1. The van der Waals surface area contributed by atoms with Crippen LogP contribution in [0.15, 0.2) is 72.2 Å². The van der Waals surface area contributed by atoms with E-state index in [1.54, 1.807) is 19.3 Å². The Morgan fingerprint density at radius 2 is 1.78 bits per heavy atom. The molecule has 0 saturated carbocycles. The summed E-state index contributed by atoms with van der Waals surface area (Å²) in [6.45, 7) is 0. The lowest BCUT2D eigenvalue weighted by atomic mass is 10.0. The fraction of sp³-hybridized carbons (Fsp3) is 0.0952. The summed E-state index contributed by atoms with van der Waals surface area (Å²) in [7, 11) is 1.74. The molecular formula is C21H18N4OS. The standard InChI is InChI=1S/C21H18N4OS/c1-25-19(11-12-22-25)20(26)24-21-23-18(14-27-21)17-9-7-16(8-10-17)13-15-5-3-2-4-6-15/h2-12,14H,13H2,1H3,(H,23,24,26). The Morgan fingerprint density at radius 1 is 1.04 bits per heavy atom. The minimum atomic E-state index is -0.214. The number of amides is 1. The van der Waals surface area contributed by atoms with Gasteiger partial charge in [-0.1, -0.05) is 54.6 Å². The molecule has 0 spiro atoms. The predicted octanol–water partition coefficient (Wildman–Crippen LogP) is 4.39. The van der Waals surface area contributed by atoms with Crippen LogP contribution in [0.25, 0.3) is 11.3 Å². The predicted molar refractivity (Wildman–Crippen MR) is 108 cm³/mol. The molecule has 0 unspecified atom stereocenters. The molecule has 0 aliphatic heterocycles. The Kier molecular flexibility index (Phi) is 4.80. The van der Waals surface area contributed by atoms with Gasteiger partial charge in [0.2, 0.25) is 0 Å². The number of hydrogen-bond donors (Lipinski definition) is 1. The van der Waals surface area contributed by atoms with Gasteiger partial charge in [-0.3, -0.25) is 14.8 Å². The summed E-state index contributed by atoms with van der Waals surface area (Å²) in [6, 6.07) is 20.5. The Hall–Kier alpha value is -3.25. The summed E-state index contributed by atoms with van der Waals surface area (Å²) in [6.07, 6.45) is 2.50. The third kappa shape index (κ3) is 3.96. The van der Waals surface area contributed by atoms with Gasteiger partial charge in [0, 0.05) is 24.2 Å². The van der Waals surface area contributed by atoms with Crippen LogP contribution >= 0.6 is 11.3 Å². The zero-order chi connectivity index (χ0) is 18.6. The van der Waals surface area contributed by atoms with Crippen molar-refractivity contribution >= 4 is 22.4 Å². The lowest BCUT2D eigenvalue weighted by molar-refractivity contribution is 0.101.